The van der Waals surface area contributed by atoms with Gasteiger partial charge in [-0.25, -0.2) is 0 Å². The fourth-order valence-electron chi connectivity index (χ4n) is 2.94. The van der Waals surface area contributed by atoms with Crippen LogP contribution in [0.15, 0.2) is 12.4 Å². The van der Waals surface area contributed by atoms with E-state index in [0.29, 0.717) is 13.2 Å². The largest absolute Gasteiger partial charge is 0.378 e. The maximum Gasteiger partial charge on any atom is 0.239 e. The number of amides is 1. The van der Waals surface area contributed by atoms with E-state index < -0.39 is 0 Å². The topological polar surface area (TPSA) is 71.4 Å². The van der Waals surface area contributed by atoms with Gasteiger partial charge in [0.2, 0.25) is 5.91 Å². The lowest BCUT2D eigenvalue weighted by molar-refractivity contribution is -0.126. The SMILES string of the molecule is Cl.Cl.Cn1cc(N2CCCC(NC(=O)C3COCCN3)C2)cn1. The van der Waals surface area contributed by atoms with Crippen LogP contribution in [-0.2, 0) is 16.6 Å². The molecule has 2 atom stereocenters. The van der Waals surface area contributed by atoms with Crippen LogP contribution in [0, 0.1) is 0 Å². The first-order valence-corrected chi connectivity index (χ1v) is 7.57. The van der Waals surface area contributed by atoms with Gasteiger partial charge in [0.1, 0.15) is 6.04 Å². The van der Waals surface area contributed by atoms with E-state index in [1.165, 1.54) is 0 Å². The van der Waals surface area contributed by atoms with Crippen LogP contribution in [0.3, 0.4) is 0 Å². The summed E-state index contributed by atoms with van der Waals surface area (Å²) in [6.45, 7) is 3.74. The number of nitrogens with zero attached hydrogens (tertiary/aromatic N) is 3. The van der Waals surface area contributed by atoms with Crippen LogP contribution in [0.25, 0.3) is 0 Å². The van der Waals surface area contributed by atoms with Crippen LogP contribution in [0.2, 0.25) is 0 Å². The molecule has 0 radical (unpaired) electrons. The van der Waals surface area contributed by atoms with Crippen LogP contribution in [-0.4, -0.2) is 60.6 Å². The third-order valence-electron chi connectivity index (χ3n) is 4.06. The lowest BCUT2D eigenvalue weighted by Gasteiger charge is -2.35. The summed E-state index contributed by atoms with van der Waals surface area (Å²) in [7, 11) is 1.92. The molecule has 1 aromatic rings. The van der Waals surface area contributed by atoms with Gasteiger partial charge in [-0.1, -0.05) is 0 Å². The first-order chi connectivity index (χ1) is 10.2. The summed E-state index contributed by atoms with van der Waals surface area (Å²) in [5.41, 5.74) is 1.12. The highest BCUT2D eigenvalue weighted by atomic mass is 35.5. The van der Waals surface area contributed by atoms with Gasteiger partial charge in [-0.3, -0.25) is 9.48 Å². The first-order valence-electron chi connectivity index (χ1n) is 7.57. The van der Waals surface area contributed by atoms with Crippen molar-refractivity contribution in [3.63, 3.8) is 0 Å². The highest BCUT2D eigenvalue weighted by Crippen LogP contribution is 2.19. The fraction of sp³-hybridized carbons (Fsp3) is 0.714. The van der Waals surface area contributed by atoms with Crippen LogP contribution in [0.4, 0.5) is 5.69 Å². The van der Waals surface area contributed by atoms with Crippen molar-refractivity contribution in [2.45, 2.75) is 24.9 Å². The normalized spacial score (nSPS) is 24.3. The molecule has 3 heterocycles. The number of aryl methyl sites for hydroxylation is 1. The smallest absolute Gasteiger partial charge is 0.239 e. The van der Waals surface area contributed by atoms with Crippen molar-refractivity contribution >= 4 is 36.4 Å². The number of nitrogens with one attached hydrogen (secondary N) is 2. The number of anilines is 1. The Morgan fingerprint density at radius 3 is 2.96 bits per heavy atom. The second-order valence-electron chi connectivity index (χ2n) is 5.75. The molecule has 0 bridgehead atoms. The van der Waals surface area contributed by atoms with Gasteiger partial charge in [0.05, 0.1) is 25.1 Å². The zero-order valence-electron chi connectivity index (χ0n) is 13.2. The van der Waals surface area contributed by atoms with E-state index in [0.717, 1.165) is 38.2 Å². The van der Waals surface area contributed by atoms with E-state index in [4.69, 9.17) is 4.74 Å². The number of carbonyl (C=O) groups is 1. The van der Waals surface area contributed by atoms with Crippen molar-refractivity contribution < 1.29 is 9.53 Å². The molecule has 2 aliphatic rings. The third-order valence-corrected chi connectivity index (χ3v) is 4.06. The molecule has 2 aliphatic heterocycles. The molecule has 1 amide bonds. The average Bonchev–Trinajstić information content (AvgIpc) is 2.95. The molecule has 2 N–H and O–H groups in total. The maximum absolute atomic E-state index is 12.2. The number of ether oxygens (including phenoxy) is 1. The summed E-state index contributed by atoms with van der Waals surface area (Å²) in [5.74, 6) is 0.0488. The Labute approximate surface area is 148 Å². The minimum atomic E-state index is -0.215. The molecule has 132 valence electrons. The van der Waals surface area contributed by atoms with E-state index in [9.17, 15) is 4.79 Å². The summed E-state index contributed by atoms with van der Waals surface area (Å²) in [6.07, 6.45) is 5.99. The van der Waals surface area contributed by atoms with E-state index >= 15 is 0 Å². The van der Waals surface area contributed by atoms with E-state index in [1.807, 2.05) is 19.4 Å². The zero-order chi connectivity index (χ0) is 14.7. The molecular formula is C14H25Cl2N5O2. The van der Waals surface area contributed by atoms with Crippen LogP contribution < -0.4 is 15.5 Å². The second-order valence-corrected chi connectivity index (χ2v) is 5.75. The van der Waals surface area contributed by atoms with Crippen molar-refractivity contribution in [2.24, 2.45) is 7.05 Å². The summed E-state index contributed by atoms with van der Waals surface area (Å²) in [4.78, 5) is 14.5. The maximum atomic E-state index is 12.2. The van der Waals surface area contributed by atoms with Crippen molar-refractivity contribution in [3.05, 3.63) is 12.4 Å². The summed E-state index contributed by atoms with van der Waals surface area (Å²) < 4.78 is 7.15. The highest BCUT2D eigenvalue weighted by Gasteiger charge is 2.26. The van der Waals surface area contributed by atoms with E-state index in [2.05, 4.69) is 20.6 Å². The van der Waals surface area contributed by atoms with Crippen molar-refractivity contribution in [3.8, 4) is 0 Å². The Morgan fingerprint density at radius 1 is 1.48 bits per heavy atom. The van der Waals surface area contributed by atoms with Crippen molar-refractivity contribution in [1.82, 2.24) is 20.4 Å². The molecule has 0 spiro atoms. The standard InChI is InChI=1S/C14H23N5O2.2ClH/c1-18-9-12(7-16-18)19-5-2-3-11(8-19)17-14(20)13-10-21-6-4-15-13;;/h7,9,11,13,15H,2-6,8,10H2,1H3,(H,17,20);2*1H. The van der Waals surface area contributed by atoms with Crippen LogP contribution >= 0.6 is 24.8 Å². The number of hydrogen-bond acceptors (Lipinski definition) is 5. The minimum Gasteiger partial charge on any atom is -0.378 e. The molecule has 7 nitrogen and oxygen atoms in total. The number of morpholine rings is 1. The summed E-state index contributed by atoms with van der Waals surface area (Å²) in [5, 5.41) is 10.5. The first kappa shape index (κ1) is 20.0. The molecule has 23 heavy (non-hydrogen) atoms. The van der Waals surface area contributed by atoms with Gasteiger partial charge >= 0.3 is 0 Å². The molecular weight excluding hydrogens is 341 g/mol. The van der Waals surface area contributed by atoms with E-state index in [1.54, 1.807) is 4.68 Å². The Bertz CT molecular complexity index is 493. The average molecular weight is 366 g/mol. The predicted octanol–water partition coefficient (Wildman–Crippen LogP) is 0.337. The Hall–Kier alpha value is -1.02. The van der Waals surface area contributed by atoms with Gasteiger partial charge in [-0.2, -0.15) is 5.10 Å². The Balaban J connectivity index is 0.00000132. The van der Waals surface area contributed by atoms with Crippen LogP contribution in [0.5, 0.6) is 0 Å². The van der Waals surface area contributed by atoms with Crippen molar-refractivity contribution in [1.29, 1.82) is 0 Å². The summed E-state index contributed by atoms with van der Waals surface area (Å²) >= 11 is 0. The number of carbonyl (C=O) groups excluding carboxylic acids is 1. The van der Waals surface area contributed by atoms with Gasteiger partial charge in [0.15, 0.2) is 0 Å². The van der Waals surface area contributed by atoms with Crippen molar-refractivity contribution in [2.75, 3.05) is 37.7 Å². The highest BCUT2D eigenvalue weighted by molar-refractivity contribution is 5.85. The van der Waals surface area contributed by atoms with Gasteiger partial charge in [-0.05, 0) is 12.8 Å². The molecule has 0 saturated carbocycles. The number of halogens is 2. The van der Waals surface area contributed by atoms with Crippen LogP contribution in [0.1, 0.15) is 12.8 Å². The number of rotatable bonds is 3. The van der Waals surface area contributed by atoms with Gasteiger partial charge in [0.25, 0.3) is 0 Å². The van der Waals surface area contributed by atoms with E-state index in [-0.39, 0.29) is 42.8 Å². The molecule has 3 rings (SSSR count). The molecule has 2 saturated heterocycles. The third kappa shape index (κ3) is 5.24. The fourth-order valence-corrected chi connectivity index (χ4v) is 2.94. The number of aromatic nitrogens is 2. The predicted molar refractivity (Wildman–Crippen MR) is 93.7 cm³/mol. The number of hydrogen-bond donors (Lipinski definition) is 2. The lowest BCUT2D eigenvalue weighted by Crippen LogP contribution is -2.56. The Morgan fingerprint density at radius 2 is 2.30 bits per heavy atom. The Kier molecular flexibility index (Phi) is 8.11. The lowest BCUT2D eigenvalue weighted by atomic mass is 10.0. The molecule has 0 aliphatic carbocycles. The monoisotopic (exact) mass is 365 g/mol. The quantitative estimate of drug-likeness (QED) is 0.807. The van der Waals surface area contributed by atoms with Gasteiger partial charge in [0, 0.05) is 38.9 Å². The molecule has 0 aromatic carbocycles. The van der Waals surface area contributed by atoms with Gasteiger partial charge in [-0.15, -0.1) is 24.8 Å². The molecule has 2 unspecified atom stereocenters. The molecule has 2 fully saturated rings. The molecule has 9 heteroatoms. The number of piperidine rings is 1. The summed E-state index contributed by atoms with van der Waals surface area (Å²) in [6, 6.07) is -0.0253. The van der Waals surface area contributed by atoms with Gasteiger partial charge < -0.3 is 20.3 Å². The zero-order valence-corrected chi connectivity index (χ0v) is 14.9. The molecule has 1 aromatic heterocycles. The second kappa shape index (κ2) is 9.32. The minimum absolute atomic E-state index is 0.